The molecule has 0 aromatic carbocycles. The summed E-state index contributed by atoms with van der Waals surface area (Å²) >= 11 is 0. The predicted molar refractivity (Wildman–Crippen MR) is 156 cm³/mol. The van der Waals surface area contributed by atoms with Crippen LogP contribution in [-0.2, 0) is 42.8 Å². The van der Waals surface area contributed by atoms with Crippen LogP contribution in [0.3, 0.4) is 0 Å². The van der Waals surface area contributed by atoms with Crippen molar-refractivity contribution in [2.24, 2.45) is 16.7 Å². The van der Waals surface area contributed by atoms with Crippen LogP contribution in [0.2, 0.25) is 0 Å². The highest BCUT2D eigenvalue weighted by molar-refractivity contribution is 5.83. The van der Waals surface area contributed by atoms with Gasteiger partial charge in [-0.25, -0.2) is 14.4 Å². The lowest BCUT2D eigenvalue weighted by atomic mass is 9.51. The largest absolute Gasteiger partial charge is 0.463 e. The summed E-state index contributed by atoms with van der Waals surface area (Å²) in [6.07, 6.45) is 6.62. The molecule has 0 radical (unpaired) electrons. The Hall–Kier alpha value is -2.83. The molecule has 5 rings (SSSR count). The lowest BCUT2D eigenvalue weighted by Gasteiger charge is -2.59. The molecule has 1 saturated carbocycles. The first-order valence-electron chi connectivity index (χ1n) is 15.4. The molecule has 11 nitrogen and oxygen atoms in total. The van der Waals surface area contributed by atoms with Crippen LogP contribution in [0, 0.1) is 16.7 Å². The summed E-state index contributed by atoms with van der Waals surface area (Å²) in [5.41, 5.74) is -1.95. The summed E-state index contributed by atoms with van der Waals surface area (Å²) in [5.74, 6) is -2.40. The lowest BCUT2D eigenvalue weighted by molar-refractivity contribution is -0.242. The first-order chi connectivity index (χ1) is 20.9. The molecule has 242 valence electrons. The summed E-state index contributed by atoms with van der Waals surface area (Å²) in [5, 5.41) is 21.0. The van der Waals surface area contributed by atoms with Gasteiger partial charge in [0.1, 0.15) is 30.5 Å². The number of allylic oxidation sites excluding steroid dienone is 3. The SMILES string of the molecule is C/C=C/C(=O)O[C@H]1C[C@@]23COC(=O)[C@@H](O)[C@@H](C)CCO[C@@H]([C@H](C)O)C=CC=CC(=O)O[C@@H]4C[C@@H](O[C@@H]2C=C1C)[C@@]1(CO1)[C@]43C. The maximum atomic E-state index is 13.3. The van der Waals surface area contributed by atoms with Gasteiger partial charge in [-0.2, -0.15) is 0 Å². The number of cyclic esters (lactones) is 1. The minimum atomic E-state index is -1.44. The molecule has 11 heteroatoms. The van der Waals surface area contributed by atoms with Crippen molar-refractivity contribution in [2.45, 2.75) is 102 Å². The molecule has 3 aliphatic heterocycles. The molecule has 0 unspecified atom stereocenters. The summed E-state index contributed by atoms with van der Waals surface area (Å²) in [6.45, 7) is 9.23. The number of aliphatic hydroxyl groups is 2. The Bertz CT molecular complexity index is 1250. The maximum absolute atomic E-state index is 13.3. The Morgan fingerprint density at radius 2 is 1.95 bits per heavy atom. The molecule has 3 heterocycles. The number of rotatable bonds is 3. The van der Waals surface area contributed by atoms with Crippen molar-refractivity contribution in [3.05, 3.63) is 48.1 Å². The predicted octanol–water partition coefficient (Wildman–Crippen LogP) is 2.49. The van der Waals surface area contributed by atoms with Gasteiger partial charge < -0.3 is 38.6 Å². The van der Waals surface area contributed by atoms with Gasteiger partial charge in [0.25, 0.3) is 0 Å². The lowest BCUT2D eigenvalue weighted by Crippen LogP contribution is -2.68. The molecular weight excluding hydrogens is 572 g/mol. The van der Waals surface area contributed by atoms with Crippen molar-refractivity contribution in [1.29, 1.82) is 0 Å². The average molecular weight is 617 g/mol. The summed E-state index contributed by atoms with van der Waals surface area (Å²) in [6, 6.07) is 0. The van der Waals surface area contributed by atoms with Crippen molar-refractivity contribution in [2.75, 3.05) is 19.8 Å². The van der Waals surface area contributed by atoms with Gasteiger partial charge in [-0.15, -0.1) is 0 Å². The first-order valence-corrected chi connectivity index (χ1v) is 15.4. The van der Waals surface area contributed by atoms with E-state index in [2.05, 4.69) is 0 Å². The van der Waals surface area contributed by atoms with Crippen LogP contribution in [0.25, 0.3) is 0 Å². The number of carbonyl (C=O) groups excluding carboxylic acids is 3. The van der Waals surface area contributed by atoms with Crippen LogP contribution in [0.5, 0.6) is 0 Å². The molecule has 2 saturated heterocycles. The van der Waals surface area contributed by atoms with Gasteiger partial charge in [0.15, 0.2) is 6.10 Å². The fourth-order valence-corrected chi connectivity index (χ4v) is 7.48. The smallest absolute Gasteiger partial charge is 0.335 e. The Morgan fingerprint density at radius 1 is 1.20 bits per heavy atom. The Kier molecular flexibility index (Phi) is 9.26. The number of ether oxygens (including phenoxy) is 6. The van der Waals surface area contributed by atoms with Gasteiger partial charge in [0.05, 0.1) is 35.7 Å². The van der Waals surface area contributed by atoms with Crippen LogP contribution in [0.1, 0.15) is 53.9 Å². The third kappa shape index (κ3) is 5.58. The van der Waals surface area contributed by atoms with E-state index in [9.17, 15) is 24.6 Å². The fraction of sp³-hybridized carbons (Fsp3) is 0.667. The van der Waals surface area contributed by atoms with Gasteiger partial charge in [-0.3, -0.25) is 0 Å². The summed E-state index contributed by atoms with van der Waals surface area (Å²) < 4.78 is 36.5. The normalized spacial score (nSPS) is 43.3. The minimum absolute atomic E-state index is 0.168. The Labute approximate surface area is 257 Å². The highest BCUT2D eigenvalue weighted by atomic mass is 16.6. The number of epoxide rings is 1. The number of hydrogen-bond acceptors (Lipinski definition) is 11. The molecule has 2 aliphatic carbocycles. The summed E-state index contributed by atoms with van der Waals surface area (Å²) in [4.78, 5) is 39.1. The van der Waals surface area contributed by atoms with Gasteiger partial charge in [0, 0.05) is 31.6 Å². The highest BCUT2D eigenvalue weighted by Gasteiger charge is 2.83. The van der Waals surface area contributed by atoms with E-state index < -0.39 is 76.9 Å². The second kappa shape index (κ2) is 12.5. The van der Waals surface area contributed by atoms with Crippen molar-refractivity contribution < 1.29 is 53.0 Å². The van der Waals surface area contributed by atoms with E-state index >= 15 is 0 Å². The van der Waals surface area contributed by atoms with Gasteiger partial charge in [-0.05, 0) is 38.7 Å². The van der Waals surface area contributed by atoms with Crippen molar-refractivity contribution in [3.63, 3.8) is 0 Å². The molecule has 3 fully saturated rings. The third-order valence-corrected chi connectivity index (χ3v) is 10.4. The van der Waals surface area contributed by atoms with Crippen LogP contribution < -0.4 is 0 Å². The zero-order chi connectivity index (χ0) is 31.9. The molecule has 0 amide bonds. The van der Waals surface area contributed by atoms with E-state index in [-0.39, 0.29) is 25.7 Å². The number of carbonyl (C=O) groups is 3. The van der Waals surface area contributed by atoms with Gasteiger partial charge in [-0.1, -0.05) is 44.2 Å². The fourth-order valence-electron chi connectivity index (χ4n) is 7.48. The average Bonchev–Trinajstić information content (AvgIpc) is 3.75. The second-order valence-electron chi connectivity index (χ2n) is 12.9. The van der Waals surface area contributed by atoms with Crippen LogP contribution in [0.4, 0.5) is 0 Å². The zero-order valence-corrected chi connectivity index (χ0v) is 26.0. The third-order valence-electron chi connectivity index (χ3n) is 10.4. The van der Waals surface area contributed by atoms with E-state index in [1.165, 1.54) is 18.2 Å². The minimum Gasteiger partial charge on any atom is -0.463 e. The summed E-state index contributed by atoms with van der Waals surface area (Å²) in [7, 11) is 0. The van der Waals surface area contributed by atoms with Gasteiger partial charge in [0.2, 0.25) is 0 Å². The molecule has 2 spiro atoms. The molecule has 44 heavy (non-hydrogen) atoms. The maximum Gasteiger partial charge on any atom is 0.335 e. The van der Waals surface area contributed by atoms with E-state index in [0.29, 0.717) is 19.4 Å². The number of esters is 3. The molecule has 2 N–H and O–H groups in total. The van der Waals surface area contributed by atoms with Crippen molar-refractivity contribution >= 4 is 17.9 Å². The molecule has 2 bridgehead atoms. The first kappa shape index (κ1) is 32.6. The van der Waals surface area contributed by atoms with Crippen LogP contribution in [0.15, 0.2) is 48.1 Å². The Morgan fingerprint density at radius 3 is 2.64 bits per heavy atom. The number of aliphatic hydroxyl groups excluding tert-OH is 2. The van der Waals surface area contributed by atoms with E-state index in [0.717, 1.165) is 5.57 Å². The molecule has 5 aliphatic rings. The standard InChI is InChI=1S/C33H44O11/c1-6-9-27(35)42-23-16-32-17-40-30(38)29(37)19(2)12-13-39-22(21(4)34)10-7-8-11-28(36)44-24-15-26(43-25(32)14-20(23)3)33(18-41-33)31(24,32)5/h6-11,14,19,21-26,29,34,37H,12-13,15-18H2,1-5H3/b9-6+,10-7?,11-8?/t19-,21-,22+,23-,24+,25+,26+,29-,31+,32+,33-/m0/s1. The molecular formula is C33H44O11. The molecule has 11 atom stereocenters. The second-order valence-corrected chi connectivity index (χ2v) is 12.9. The zero-order valence-electron chi connectivity index (χ0n) is 26.0. The topological polar surface area (TPSA) is 150 Å². The quantitative estimate of drug-likeness (QED) is 0.158. The van der Waals surface area contributed by atoms with E-state index in [1.807, 2.05) is 19.9 Å². The van der Waals surface area contributed by atoms with E-state index in [1.54, 1.807) is 39.0 Å². The van der Waals surface area contributed by atoms with E-state index in [4.69, 9.17) is 28.4 Å². The van der Waals surface area contributed by atoms with Crippen LogP contribution in [-0.4, -0.2) is 96.3 Å². The van der Waals surface area contributed by atoms with Crippen LogP contribution >= 0.6 is 0 Å². The highest BCUT2D eigenvalue weighted by Crippen LogP contribution is 2.72. The number of hydrogen-bond donors (Lipinski definition) is 2. The molecule has 0 aromatic heterocycles. The van der Waals surface area contributed by atoms with Gasteiger partial charge >= 0.3 is 17.9 Å². The monoisotopic (exact) mass is 616 g/mol. The Balaban J connectivity index is 1.55. The molecule has 0 aromatic rings. The van der Waals surface area contributed by atoms with Crippen molar-refractivity contribution in [1.82, 2.24) is 0 Å². The van der Waals surface area contributed by atoms with Crippen molar-refractivity contribution in [3.8, 4) is 0 Å².